The normalized spacial score (nSPS) is 14.3. The van der Waals surface area contributed by atoms with Crippen LogP contribution in [0.4, 0.5) is 0 Å². The van der Waals surface area contributed by atoms with Crippen LogP contribution in [0.15, 0.2) is 0 Å². The molecule has 0 saturated heterocycles. The summed E-state index contributed by atoms with van der Waals surface area (Å²) >= 11 is 0. The van der Waals surface area contributed by atoms with Crippen LogP contribution in [0.5, 0.6) is 0 Å². The molecule has 0 heterocycles. The van der Waals surface area contributed by atoms with Crippen LogP contribution < -0.4 is 0 Å². The lowest BCUT2D eigenvalue weighted by atomic mass is 9.90. The van der Waals surface area contributed by atoms with Crippen LogP contribution in [-0.4, -0.2) is 13.2 Å². The molecule has 0 aliphatic rings. The summed E-state index contributed by atoms with van der Waals surface area (Å²) in [5.41, 5.74) is 0.286. The van der Waals surface area contributed by atoms with Gasteiger partial charge in [0, 0.05) is 7.11 Å². The van der Waals surface area contributed by atoms with Gasteiger partial charge in [0.2, 0.25) is 0 Å². The van der Waals surface area contributed by atoms with Gasteiger partial charge in [0.15, 0.2) is 0 Å². The molecule has 1 nitrogen and oxygen atoms in total. The van der Waals surface area contributed by atoms with Crippen molar-refractivity contribution in [2.24, 2.45) is 5.41 Å². The van der Waals surface area contributed by atoms with Crippen molar-refractivity contribution in [1.82, 2.24) is 0 Å². The van der Waals surface area contributed by atoms with E-state index in [1.54, 1.807) is 7.11 Å². The third-order valence-corrected chi connectivity index (χ3v) is 1.57. The van der Waals surface area contributed by atoms with Crippen LogP contribution in [0.25, 0.3) is 0 Å². The zero-order valence-electron chi connectivity index (χ0n) is 6.49. The topological polar surface area (TPSA) is 9.23 Å². The van der Waals surface area contributed by atoms with Gasteiger partial charge >= 0.3 is 0 Å². The largest absolute Gasteiger partial charge is 0.381 e. The van der Waals surface area contributed by atoms with Gasteiger partial charge in [-0.3, -0.25) is 0 Å². The maximum absolute atomic E-state index is 5.11. The Balaban J connectivity index is 0. The summed E-state index contributed by atoms with van der Waals surface area (Å²) in [6, 6.07) is 0. The summed E-state index contributed by atoms with van der Waals surface area (Å²) in [5, 5.41) is 0. The number of hydrogen-bond acceptors (Lipinski definition) is 1. The molecule has 1 unspecified atom stereocenters. The Kier molecular flexibility index (Phi) is 5.06. The maximum Gasteiger partial charge on any atom is 0.0591 e. The third kappa shape index (κ3) is 4.46. The van der Waals surface area contributed by atoms with E-state index in [0.29, 0.717) is 6.10 Å². The molecule has 0 fully saturated rings. The van der Waals surface area contributed by atoms with Gasteiger partial charge in [-0.2, -0.15) is 0 Å². The number of hydrogen-bond donors (Lipinski definition) is 0. The monoisotopic (exact) mass is 132 g/mol. The molecule has 1 heteroatoms. The molecule has 0 aromatic carbocycles. The van der Waals surface area contributed by atoms with Crippen molar-refractivity contribution >= 4 is 0 Å². The molecule has 0 saturated carbocycles. The highest BCUT2D eigenvalue weighted by Gasteiger charge is 2.18. The fourth-order valence-electron chi connectivity index (χ4n) is 0.354. The van der Waals surface area contributed by atoms with Crippen molar-refractivity contribution in [3.05, 3.63) is 0 Å². The molecule has 0 radical (unpaired) electrons. The molecule has 1 atom stereocenters. The minimum absolute atomic E-state index is 0. The smallest absolute Gasteiger partial charge is 0.0591 e. The van der Waals surface area contributed by atoms with E-state index in [4.69, 9.17) is 4.74 Å². The second-order valence-corrected chi connectivity index (χ2v) is 3.24. The van der Waals surface area contributed by atoms with Gasteiger partial charge in [-0.1, -0.05) is 28.2 Å². The first kappa shape index (κ1) is 11.7. The molecule has 0 aromatic heterocycles. The number of ether oxygens (including phenoxy) is 1. The average Bonchev–Trinajstić information content (AvgIpc) is 1.62. The highest BCUT2D eigenvalue weighted by Crippen LogP contribution is 2.20. The predicted molar refractivity (Wildman–Crippen MR) is 42.7 cm³/mol. The van der Waals surface area contributed by atoms with Gasteiger partial charge in [0.05, 0.1) is 6.10 Å². The van der Waals surface area contributed by atoms with E-state index < -0.39 is 0 Å². The Labute approximate surface area is 59.4 Å². The van der Waals surface area contributed by atoms with Gasteiger partial charge in [0.1, 0.15) is 0 Å². The minimum Gasteiger partial charge on any atom is -0.381 e. The van der Waals surface area contributed by atoms with Crippen LogP contribution in [-0.2, 0) is 4.74 Å². The van der Waals surface area contributed by atoms with Gasteiger partial charge in [-0.05, 0) is 12.3 Å². The highest BCUT2D eigenvalue weighted by molar-refractivity contribution is 4.68. The summed E-state index contributed by atoms with van der Waals surface area (Å²) in [4.78, 5) is 0. The molecular formula is C8H20O. The number of methoxy groups -OCH3 is 1. The predicted octanol–water partition coefficient (Wildman–Crippen LogP) is 2.70. The van der Waals surface area contributed by atoms with Gasteiger partial charge in [-0.15, -0.1) is 0 Å². The van der Waals surface area contributed by atoms with Crippen molar-refractivity contribution in [2.45, 2.75) is 41.2 Å². The Bertz CT molecular complexity index is 61.5. The Hall–Kier alpha value is -0.0400. The summed E-state index contributed by atoms with van der Waals surface area (Å²) in [7, 11) is 1.75. The lowest BCUT2D eigenvalue weighted by Crippen LogP contribution is -2.24. The van der Waals surface area contributed by atoms with E-state index >= 15 is 0 Å². The van der Waals surface area contributed by atoms with E-state index in [9.17, 15) is 0 Å². The van der Waals surface area contributed by atoms with E-state index in [-0.39, 0.29) is 12.8 Å². The molecule has 9 heavy (non-hydrogen) atoms. The van der Waals surface area contributed by atoms with Crippen LogP contribution in [0.2, 0.25) is 0 Å². The molecule has 0 amide bonds. The minimum atomic E-state index is 0. The van der Waals surface area contributed by atoms with E-state index in [2.05, 4.69) is 27.7 Å². The molecule has 58 valence electrons. The zero-order valence-corrected chi connectivity index (χ0v) is 6.49. The maximum atomic E-state index is 5.11. The molecule has 0 rings (SSSR count). The summed E-state index contributed by atoms with van der Waals surface area (Å²) < 4.78 is 5.11. The second kappa shape index (κ2) is 3.89. The summed E-state index contributed by atoms with van der Waals surface area (Å²) in [6.45, 7) is 8.59. The first-order valence-corrected chi connectivity index (χ1v) is 3.01. The van der Waals surface area contributed by atoms with Crippen LogP contribution in [0.1, 0.15) is 35.1 Å². The van der Waals surface area contributed by atoms with Gasteiger partial charge in [-0.25, -0.2) is 0 Å². The second-order valence-electron chi connectivity index (χ2n) is 3.24. The lowest BCUT2D eigenvalue weighted by molar-refractivity contribution is 0.0314. The van der Waals surface area contributed by atoms with Gasteiger partial charge in [0.25, 0.3) is 0 Å². The molecule has 0 aromatic rings. The average molecular weight is 132 g/mol. The molecular weight excluding hydrogens is 112 g/mol. The highest BCUT2D eigenvalue weighted by atomic mass is 16.5. The van der Waals surface area contributed by atoms with Crippen molar-refractivity contribution in [2.75, 3.05) is 7.11 Å². The van der Waals surface area contributed by atoms with Crippen molar-refractivity contribution in [3.63, 3.8) is 0 Å². The standard InChI is InChI=1S/C7H16O.CH4/c1-6(8-5)7(2,3)4;/h6H,1-5H3;1H4. The van der Waals surface area contributed by atoms with E-state index in [0.717, 1.165) is 0 Å². The fourth-order valence-corrected chi connectivity index (χ4v) is 0.354. The van der Waals surface area contributed by atoms with Crippen molar-refractivity contribution in [1.29, 1.82) is 0 Å². The first-order chi connectivity index (χ1) is 3.48. The first-order valence-electron chi connectivity index (χ1n) is 3.01. The zero-order chi connectivity index (χ0) is 6.78. The van der Waals surface area contributed by atoms with Crippen LogP contribution in [0, 0.1) is 5.41 Å². The summed E-state index contributed by atoms with van der Waals surface area (Å²) in [6.07, 6.45) is 0.350. The molecule has 0 bridgehead atoms. The molecule has 0 spiro atoms. The van der Waals surface area contributed by atoms with Crippen LogP contribution in [0.3, 0.4) is 0 Å². The lowest BCUT2D eigenvalue weighted by Gasteiger charge is -2.25. The van der Waals surface area contributed by atoms with E-state index in [1.807, 2.05) is 0 Å². The molecule has 0 aliphatic carbocycles. The van der Waals surface area contributed by atoms with Crippen molar-refractivity contribution < 1.29 is 4.74 Å². The van der Waals surface area contributed by atoms with Crippen molar-refractivity contribution in [3.8, 4) is 0 Å². The molecule has 0 N–H and O–H groups in total. The Morgan fingerprint density at radius 3 is 1.56 bits per heavy atom. The quantitative estimate of drug-likeness (QED) is 0.533. The van der Waals surface area contributed by atoms with Gasteiger partial charge < -0.3 is 4.74 Å². The summed E-state index contributed by atoms with van der Waals surface area (Å²) in [5.74, 6) is 0. The van der Waals surface area contributed by atoms with Crippen LogP contribution >= 0.6 is 0 Å². The van der Waals surface area contributed by atoms with E-state index in [1.165, 1.54) is 0 Å². The molecule has 0 aliphatic heterocycles. The fraction of sp³-hybridized carbons (Fsp3) is 1.00. The SMILES string of the molecule is C.COC(C)C(C)(C)C. The third-order valence-electron chi connectivity index (χ3n) is 1.57. The number of rotatable bonds is 1. The Morgan fingerprint density at radius 1 is 1.22 bits per heavy atom. The Morgan fingerprint density at radius 2 is 1.56 bits per heavy atom.